The van der Waals surface area contributed by atoms with Gasteiger partial charge in [-0.15, -0.1) is 0 Å². The summed E-state index contributed by atoms with van der Waals surface area (Å²) in [5.41, 5.74) is -0.953. The van der Waals surface area contributed by atoms with E-state index in [4.69, 9.17) is 0 Å². The van der Waals surface area contributed by atoms with Gasteiger partial charge in [-0.2, -0.15) is 13.2 Å². The smallest absolute Gasteiger partial charge is 0.380 e. The highest BCUT2D eigenvalue weighted by Gasteiger charge is 2.51. The average molecular weight is 301 g/mol. The highest BCUT2D eigenvalue weighted by molar-refractivity contribution is 5.77. The maximum absolute atomic E-state index is 12.6. The maximum Gasteiger partial charge on any atom is 0.417 e. The van der Waals surface area contributed by atoms with Crippen LogP contribution >= 0.6 is 0 Å². The number of aryl methyl sites for hydroxylation is 1. The molecule has 0 saturated heterocycles. The Morgan fingerprint density at radius 1 is 1.38 bits per heavy atom. The molecule has 1 aromatic rings. The van der Waals surface area contributed by atoms with Crippen molar-refractivity contribution in [1.29, 1.82) is 0 Å². The molecule has 0 saturated carbocycles. The van der Waals surface area contributed by atoms with Crippen molar-refractivity contribution in [2.45, 2.75) is 50.4 Å². The van der Waals surface area contributed by atoms with Gasteiger partial charge in [0.15, 0.2) is 5.60 Å². The van der Waals surface area contributed by atoms with Crippen molar-refractivity contribution < 1.29 is 23.1 Å². The van der Waals surface area contributed by atoms with Crippen LogP contribution in [0.2, 0.25) is 0 Å². The molecule has 0 radical (unpaired) electrons. The van der Waals surface area contributed by atoms with E-state index >= 15 is 0 Å². The lowest BCUT2D eigenvalue weighted by atomic mass is 9.87. The number of nitrogens with one attached hydrogen (secondary N) is 1. The fraction of sp³-hybridized carbons (Fsp3) is 0.533. The minimum Gasteiger partial charge on any atom is -0.380 e. The molecule has 0 bridgehead atoms. The van der Waals surface area contributed by atoms with Crippen LogP contribution in [0.1, 0.15) is 43.4 Å². The molecule has 1 aliphatic carbocycles. The van der Waals surface area contributed by atoms with Gasteiger partial charge in [-0.25, -0.2) is 0 Å². The number of amides is 1. The van der Waals surface area contributed by atoms with Crippen LogP contribution in [0, 0.1) is 0 Å². The minimum atomic E-state index is -4.82. The van der Waals surface area contributed by atoms with Gasteiger partial charge in [-0.05, 0) is 37.3 Å². The third-order valence-corrected chi connectivity index (χ3v) is 3.82. The second kappa shape index (κ2) is 5.67. The van der Waals surface area contributed by atoms with Crippen molar-refractivity contribution in [3.05, 3.63) is 35.4 Å². The number of halogens is 3. The first-order chi connectivity index (χ1) is 9.71. The van der Waals surface area contributed by atoms with E-state index in [9.17, 15) is 23.1 Å². The molecule has 1 aromatic carbocycles. The summed E-state index contributed by atoms with van der Waals surface area (Å²) in [4.78, 5) is 11.8. The number of aliphatic hydroxyl groups is 1. The number of fused-ring (bicyclic) bond motifs is 1. The third-order valence-electron chi connectivity index (χ3n) is 3.82. The number of rotatable bonds is 3. The van der Waals surface area contributed by atoms with Crippen LogP contribution in [0.5, 0.6) is 0 Å². The molecular formula is C15H18F3NO2. The first-order valence-electron chi connectivity index (χ1n) is 6.87. The summed E-state index contributed by atoms with van der Waals surface area (Å²) in [5, 5.41) is 12.0. The molecule has 0 fully saturated rings. The average Bonchev–Trinajstić information content (AvgIpc) is 2.37. The Morgan fingerprint density at radius 3 is 2.71 bits per heavy atom. The molecule has 0 aliphatic heterocycles. The molecule has 116 valence electrons. The normalized spacial score (nSPS) is 21.3. The first-order valence-corrected chi connectivity index (χ1v) is 6.87. The van der Waals surface area contributed by atoms with Gasteiger partial charge < -0.3 is 10.4 Å². The van der Waals surface area contributed by atoms with E-state index in [0.717, 1.165) is 24.0 Å². The summed E-state index contributed by atoms with van der Waals surface area (Å²) in [6, 6.07) is 7.29. The summed E-state index contributed by atoms with van der Waals surface area (Å²) in [6.45, 7) is 0.612. The molecular weight excluding hydrogens is 283 g/mol. The number of carbonyl (C=O) groups is 1. The number of hydrogen-bond donors (Lipinski definition) is 2. The van der Waals surface area contributed by atoms with Gasteiger partial charge in [-0.1, -0.05) is 24.3 Å². The Bertz CT molecular complexity index is 526. The van der Waals surface area contributed by atoms with Crippen LogP contribution in [0.4, 0.5) is 13.2 Å². The Kier molecular flexibility index (Phi) is 4.27. The van der Waals surface area contributed by atoms with E-state index in [1.54, 1.807) is 0 Å². The molecule has 0 unspecified atom stereocenters. The van der Waals surface area contributed by atoms with Gasteiger partial charge >= 0.3 is 6.18 Å². The molecule has 3 nitrogen and oxygen atoms in total. The lowest BCUT2D eigenvalue weighted by molar-refractivity contribution is -0.253. The van der Waals surface area contributed by atoms with E-state index < -0.39 is 24.1 Å². The lowest BCUT2D eigenvalue weighted by Gasteiger charge is -2.29. The van der Waals surface area contributed by atoms with Gasteiger partial charge in [-0.3, -0.25) is 4.79 Å². The van der Waals surface area contributed by atoms with Crippen LogP contribution in [0.15, 0.2) is 24.3 Å². The number of benzene rings is 1. The van der Waals surface area contributed by atoms with E-state index in [-0.39, 0.29) is 6.04 Å². The molecule has 2 atom stereocenters. The fourth-order valence-corrected chi connectivity index (χ4v) is 2.56. The molecule has 2 rings (SSSR count). The summed E-state index contributed by atoms with van der Waals surface area (Å²) < 4.78 is 37.7. The predicted octanol–water partition coefficient (Wildman–Crippen LogP) is 2.88. The van der Waals surface area contributed by atoms with E-state index in [1.807, 2.05) is 24.3 Å². The second-order valence-corrected chi connectivity index (χ2v) is 5.66. The van der Waals surface area contributed by atoms with Crippen molar-refractivity contribution >= 4 is 5.91 Å². The quantitative estimate of drug-likeness (QED) is 0.902. The van der Waals surface area contributed by atoms with Crippen LogP contribution in [0.3, 0.4) is 0 Å². The third kappa shape index (κ3) is 3.56. The van der Waals surface area contributed by atoms with Crippen LogP contribution in [-0.2, 0) is 11.2 Å². The molecule has 21 heavy (non-hydrogen) atoms. The van der Waals surface area contributed by atoms with Crippen LogP contribution < -0.4 is 5.32 Å². The monoisotopic (exact) mass is 301 g/mol. The van der Waals surface area contributed by atoms with Gasteiger partial charge in [0.2, 0.25) is 5.91 Å². The molecule has 2 N–H and O–H groups in total. The SMILES string of the molecule is C[C@](O)(CC(=O)N[C@H]1CCCc2ccccc21)C(F)(F)F. The number of hydrogen-bond acceptors (Lipinski definition) is 2. The van der Waals surface area contributed by atoms with Gasteiger partial charge in [0.05, 0.1) is 12.5 Å². The molecule has 0 spiro atoms. The summed E-state index contributed by atoms with van der Waals surface area (Å²) in [5.74, 6) is -0.793. The summed E-state index contributed by atoms with van der Waals surface area (Å²) >= 11 is 0. The van der Waals surface area contributed by atoms with Crippen molar-refractivity contribution in [3.63, 3.8) is 0 Å². The van der Waals surface area contributed by atoms with Crippen molar-refractivity contribution in [2.75, 3.05) is 0 Å². The maximum atomic E-state index is 12.6. The van der Waals surface area contributed by atoms with Crippen LogP contribution in [-0.4, -0.2) is 22.8 Å². The van der Waals surface area contributed by atoms with E-state index in [0.29, 0.717) is 13.3 Å². The van der Waals surface area contributed by atoms with Crippen molar-refractivity contribution in [3.8, 4) is 0 Å². The van der Waals surface area contributed by atoms with Gasteiger partial charge in [0.1, 0.15) is 0 Å². The predicted molar refractivity (Wildman–Crippen MR) is 71.6 cm³/mol. The Labute approximate surface area is 121 Å². The number of carbonyl (C=O) groups excluding carboxylic acids is 1. The highest BCUT2D eigenvalue weighted by Crippen LogP contribution is 2.34. The van der Waals surface area contributed by atoms with Crippen molar-refractivity contribution in [2.24, 2.45) is 0 Å². The largest absolute Gasteiger partial charge is 0.417 e. The van der Waals surface area contributed by atoms with Crippen molar-refractivity contribution in [1.82, 2.24) is 5.32 Å². The first kappa shape index (κ1) is 15.8. The Hall–Kier alpha value is -1.56. The molecule has 6 heteroatoms. The second-order valence-electron chi connectivity index (χ2n) is 5.66. The Balaban J connectivity index is 2.05. The molecule has 0 aromatic heterocycles. The molecule has 1 amide bonds. The minimum absolute atomic E-state index is 0.286. The standard InChI is InChI=1S/C15H18F3NO2/c1-14(21,15(16,17)18)9-13(20)19-12-8-4-6-10-5-2-3-7-11(10)12/h2-3,5,7,12,21H,4,6,8-9H2,1H3,(H,19,20)/t12-,14-/m0/s1. The zero-order valence-electron chi connectivity index (χ0n) is 11.7. The zero-order valence-corrected chi connectivity index (χ0v) is 11.7. The topological polar surface area (TPSA) is 49.3 Å². The highest BCUT2D eigenvalue weighted by atomic mass is 19.4. The van der Waals surface area contributed by atoms with Gasteiger partial charge in [0.25, 0.3) is 0 Å². The zero-order chi connectivity index (χ0) is 15.7. The lowest BCUT2D eigenvalue weighted by Crippen LogP contribution is -2.46. The van der Waals surface area contributed by atoms with Crippen LogP contribution in [0.25, 0.3) is 0 Å². The van der Waals surface area contributed by atoms with E-state index in [1.165, 1.54) is 0 Å². The molecule has 0 heterocycles. The van der Waals surface area contributed by atoms with Gasteiger partial charge in [0, 0.05) is 0 Å². The fourth-order valence-electron chi connectivity index (χ4n) is 2.56. The number of alkyl halides is 3. The summed E-state index contributed by atoms with van der Waals surface area (Å²) in [6.07, 6.45) is -3.35. The molecule has 1 aliphatic rings. The van der Waals surface area contributed by atoms with E-state index in [2.05, 4.69) is 5.32 Å². The Morgan fingerprint density at radius 2 is 2.05 bits per heavy atom. The summed E-state index contributed by atoms with van der Waals surface area (Å²) in [7, 11) is 0.